The van der Waals surface area contributed by atoms with Crippen molar-refractivity contribution in [2.75, 3.05) is 26.2 Å². The molecule has 1 aromatic rings. The van der Waals surface area contributed by atoms with Gasteiger partial charge in [0.2, 0.25) is 10.0 Å². The fourth-order valence-electron chi connectivity index (χ4n) is 2.96. The van der Waals surface area contributed by atoms with Crippen LogP contribution in [0.1, 0.15) is 41.6 Å². The van der Waals surface area contributed by atoms with E-state index in [1.165, 1.54) is 0 Å². The Morgan fingerprint density at radius 2 is 1.68 bits per heavy atom. The molecule has 2 fully saturated rings. The van der Waals surface area contributed by atoms with Gasteiger partial charge in [-0.2, -0.15) is 4.31 Å². The Balaban J connectivity index is 1.93. The van der Waals surface area contributed by atoms with Crippen LogP contribution in [-0.2, 0) is 10.0 Å². The van der Waals surface area contributed by atoms with E-state index in [0.29, 0.717) is 24.2 Å². The minimum atomic E-state index is -3.50. The summed E-state index contributed by atoms with van der Waals surface area (Å²) >= 11 is 0. The van der Waals surface area contributed by atoms with Gasteiger partial charge in [0.05, 0.1) is 4.90 Å². The van der Waals surface area contributed by atoms with E-state index < -0.39 is 10.0 Å². The fraction of sp³-hybridized carbons (Fsp3) is 0.562. The first-order valence-corrected chi connectivity index (χ1v) is 9.34. The summed E-state index contributed by atoms with van der Waals surface area (Å²) in [5, 5.41) is 0. The number of amides is 1. The fourth-order valence-corrected chi connectivity index (χ4v) is 4.73. The molecule has 0 unspecified atom stereocenters. The van der Waals surface area contributed by atoms with Gasteiger partial charge >= 0.3 is 0 Å². The number of hydrogen-bond donors (Lipinski definition) is 0. The van der Waals surface area contributed by atoms with E-state index >= 15 is 0 Å². The van der Waals surface area contributed by atoms with E-state index in [9.17, 15) is 13.2 Å². The van der Waals surface area contributed by atoms with E-state index in [-0.39, 0.29) is 10.8 Å². The molecule has 1 amide bonds. The van der Waals surface area contributed by atoms with E-state index in [1.807, 2.05) is 0 Å². The van der Waals surface area contributed by atoms with Crippen molar-refractivity contribution in [3.05, 3.63) is 29.3 Å². The van der Waals surface area contributed by atoms with Crippen LogP contribution >= 0.6 is 0 Å². The van der Waals surface area contributed by atoms with E-state index in [4.69, 9.17) is 0 Å². The molecule has 0 saturated carbocycles. The number of benzene rings is 1. The third-order valence-electron chi connectivity index (χ3n) is 4.51. The molecule has 120 valence electrons. The highest BCUT2D eigenvalue weighted by Gasteiger charge is 2.29. The second-order valence-corrected chi connectivity index (χ2v) is 8.00. The van der Waals surface area contributed by atoms with Crippen molar-refractivity contribution in [2.45, 2.75) is 37.5 Å². The lowest BCUT2D eigenvalue weighted by Crippen LogP contribution is -2.42. The first-order chi connectivity index (χ1) is 10.5. The van der Waals surface area contributed by atoms with Crippen LogP contribution in [0.2, 0.25) is 0 Å². The highest BCUT2D eigenvalue weighted by atomic mass is 32.2. The molecule has 6 heteroatoms. The lowest BCUT2D eigenvalue weighted by Gasteiger charge is -2.31. The second kappa shape index (κ2) is 6.01. The lowest BCUT2D eigenvalue weighted by atomic mass is 10.1. The average molecular weight is 322 g/mol. The molecule has 2 saturated heterocycles. The minimum Gasteiger partial charge on any atom is -0.339 e. The number of aryl methyl sites for hydroxylation is 1. The molecular weight excluding hydrogens is 300 g/mol. The van der Waals surface area contributed by atoms with Gasteiger partial charge in [-0.25, -0.2) is 8.42 Å². The van der Waals surface area contributed by atoms with Crippen molar-refractivity contribution in [2.24, 2.45) is 0 Å². The van der Waals surface area contributed by atoms with Crippen LogP contribution < -0.4 is 0 Å². The van der Waals surface area contributed by atoms with Gasteiger partial charge in [-0.1, -0.05) is 12.5 Å². The number of nitrogens with zero attached hydrogens (tertiary/aromatic N) is 2. The maximum atomic E-state index is 12.8. The molecule has 0 aromatic heterocycles. The molecule has 0 bridgehead atoms. The first-order valence-electron chi connectivity index (χ1n) is 7.90. The average Bonchev–Trinajstić information content (AvgIpc) is 2.46. The van der Waals surface area contributed by atoms with Crippen LogP contribution in [0.3, 0.4) is 0 Å². The summed E-state index contributed by atoms with van der Waals surface area (Å²) in [6.45, 7) is 4.47. The Labute approximate surface area is 132 Å². The van der Waals surface area contributed by atoms with Gasteiger partial charge in [0, 0.05) is 31.7 Å². The SMILES string of the molecule is Cc1ccc(C(=O)N2CCC2)cc1S(=O)(=O)N1CCCCC1. The Bertz CT molecular complexity index is 675. The molecule has 5 nitrogen and oxygen atoms in total. The van der Waals surface area contributed by atoms with Gasteiger partial charge in [-0.05, 0) is 43.9 Å². The minimum absolute atomic E-state index is 0.0682. The summed E-state index contributed by atoms with van der Waals surface area (Å²) in [6, 6.07) is 5.02. The number of sulfonamides is 1. The molecule has 0 N–H and O–H groups in total. The Morgan fingerprint density at radius 3 is 2.27 bits per heavy atom. The number of carbonyl (C=O) groups is 1. The van der Waals surface area contributed by atoms with Gasteiger partial charge < -0.3 is 4.90 Å². The summed E-state index contributed by atoms with van der Waals surface area (Å²) in [7, 11) is -3.50. The summed E-state index contributed by atoms with van der Waals surface area (Å²) in [5.74, 6) is -0.0682. The zero-order valence-corrected chi connectivity index (χ0v) is 13.7. The van der Waals surface area contributed by atoms with Crippen LogP contribution in [0.5, 0.6) is 0 Å². The molecule has 2 heterocycles. The molecule has 1 aromatic carbocycles. The van der Waals surface area contributed by atoms with Crippen LogP contribution in [0.25, 0.3) is 0 Å². The standard InChI is InChI=1S/C16H22N2O3S/c1-13-6-7-14(16(19)17-8-5-9-17)12-15(13)22(20,21)18-10-3-2-4-11-18/h6-7,12H,2-5,8-11H2,1H3. The third kappa shape index (κ3) is 2.77. The second-order valence-electron chi connectivity index (χ2n) is 6.09. The molecule has 3 rings (SSSR count). The zero-order valence-electron chi connectivity index (χ0n) is 12.9. The van der Waals surface area contributed by atoms with Crippen molar-refractivity contribution in [3.63, 3.8) is 0 Å². The van der Waals surface area contributed by atoms with E-state index in [1.54, 1.807) is 34.3 Å². The molecule has 0 radical (unpaired) electrons. The van der Waals surface area contributed by atoms with Crippen molar-refractivity contribution >= 4 is 15.9 Å². The molecule has 2 aliphatic rings. The normalized spacial score (nSPS) is 19.8. The molecule has 2 aliphatic heterocycles. The van der Waals surface area contributed by atoms with Crippen LogP contribution in [-0.4, -0.2) is 49.7 Å². The van der Waals surface area contributed by atoms with Gasteiger partial charge in [-0.15, -0.1) is 0 Å². The highest BCUT2D eigenvalue weighted by Crippen LogP contribution is 2.25. The van der Waals surface area contributed by atoms with Gasteiger partial charge in [-0.3, -0.25) is 4.79 Å². The van der Waals surface area contributed by atoms with Crippen LogP contribution in [0, 0.1) is 6.92 Å². The largest absolute Gasteiger partial charge is 0.339 e. The highest BCUT2D eigenvalue weighted by molar-refractivity contribution is 7.89. The monoisotopic (exact) mass is 322 g/mol. The molecular formula is C16H22N2O3S. The van der Waals surface area contributed by atoms with Crippen LogP contribution in [0.4, 0.5) is 0 Å². The summed E-state index contributed by atoms with van der Waals surface area (Å²) < 4.78 is 27.2. The lowest BCUT2D eigenvalue weighted by molar-refractivity contribution is 0.0651. The quantitative estimate of drug-likeness (QED) is 0.855. The Hall–Kier alpha value is -1.40. The number of piperidine rings is 1. The molecule has 0 aliphatic carbocycles. The predicted molar refractivity (Wildman–Crippen MR) is 84.3 cm³/mol. The van der Waals surface area contributed by atoms with Crippen molar-refractivity contribution in [1.82, 2.24) is 9.21 Å². The smallest absolute Gasteiger partial charge is 0.253 e. The summed E-state index contributed by atoms with van der Waals surface area (Å²) in [6.07, 6.45) is 3.92. The van der Waals surface area contributed by atoms with Crippen molar-refractivity contribution in [3.8, 4) is 0 Å². The van der Waals surface area contributed by atoms with E-state index in [2.05, 4.69) is 0 Å². The van der Waals surface area contributed by atoms with E-state index in [0.717, 1.165) is 38.8 Å². The molecule has 0 spiro atoms. The molecule has 22 heavy (non-hydrogen) atoms. The third-order valence-corrected chi connectivity index (χ3v) is 6.55. The summed E-state index contributed by atoms with van der Waals surface area (Å²) in [5.41, 5.74) is 1.17. The zero-order chi connectivity index (χ0) is 15.7. The van der Waals surface area contributed by atoms with Gasteiger partial charge in [0.1, 0.15) is 0 Å². The molecule has 0 atom stereocenters. The number of carbonyl (C=O) groups excluding carboxylic acids is 1. The Morgan fingerprint density at radius 1 is 1.00 bits per heavy atom. The predicted octanol–water partition coefficient (Wildman–Crippen LogP) is 2.02. The Kier molecular flexibility index (Phi) is 4.23. The number of hydrogen-bond acceptors (Lipinski definition) is 3. The van der Waals surface area contributed by atoms with Crippen molar-refractivity contribution in [1.29, 1.82) is 0 Å². The maximum Gasteiger partial charge on any atom is 0.253 e. The van der Waals surface area contributed by atoms with Crippen molar-refractivity contribution < 1.29 is 13.2 Å². The van der Waals surface area contributed by atoms with Gasteiger partial charge in [0.15, 0.2) is 0 Å². The van der Waals surface area contributed by atoms with Gasteiger partial charge in [0.25, 0.3) is 5.91 Å². The van der Waals surface area contributed by atoms with Crippen LogP contribution in [0.15, 0.2) is 23.1 Å². The maximum absolute atomic E-state index is 12.8. The number of likely N-dealkylation sites (tertiary alicyclic amines) is 1. The topological polar surface area (TPSA) is 57.7 Å². The first kappa shape index (κ1) is 15.5. The number of rotatable bonds is 3. The summed E-state index contributed by atoms with van der Waals surface area (Å²) in [4.78, 5) is 14.3.